The molecule has 0 aliphatic heterocycles. The minimum atomic E-state index is -2.90. The molecule has 0 saturated heterocycles. The average Bonchev–Trinajstić information content (AvgIpc) is 2.15. The second-order valence-corrected chi connectivity index (χ2v) is 7.30. The molecule has 1 fully saturated rings. The number of sulfone groups is 1. The molecule has 3 nitrogen and oxygen atoms in total. The van der Waals surface area contributed by atoms with Crippen molar-refractivity contribution >= 4 is 9.84 Å². The Bertz CT molecular complexity index is 295. The van der Waals surface area contributed by atoms with Gasteiger partial charge in [0.2, 0.25) is 0 Å². The lowest BCUT2D eigenvalue weighted by molar-refractivity contribution is 0.0840. The van der Waals surface area contributed by atoms with E-state index in [4.69, 9.17) is 0 Å². The Morgan fingerprint density at radius 2 is 1.87 bits per heavy atom. The van der Waals surface area contributed by atoms with E-state index in [1.54, 1.807) is 6.92 Å². The summed E-state index contributed by atoms with van der Waals surface area (Å²) in [6.07, 6.45) is 4.53. The van der Waals surface area contributed by atoms with Gasteiger partial charge in [-0.2, -0.15) is 0 Å². The van der Waals surface area contributed by atoms with E-state index in [1.165, 1.54) is 6.26 Å². The SMILES string of the molecule is CC(O)C(C)C1CCCC(S(C)(=O)=O)C1. The largest absolute Gasteiger partial charge is 0.393 e. The van der Waals surface area contributed by atoms with Gasteiger partial charge in [-0.15, -0.1) is 0 Å². The van der Waals surface area contributed by atoms with Crippen LogP contribution in [0.1, 0.15) is 39.5 Å². The van der Waals surface area contributed by atoms with Crippen LogP contribution < -0.4 is 0 Å². The number of aliphatic hydroxyl groups excluding tert-OH is 1. The van der Waals surface area contributed by atoms with E-state index in [0.29, 0.717) is 5.92 Å². The molecular weight excluding hydrogens is 212 g/mol. The van der Waals surface area contributed by atoms with E-state index in [1.807, 2.05) is 6.92 Å². The Hall–Kier alpha value is -0.0900. The van der Waals surface area contributed by atoms with Gasteiger partial charge in [-0.05, 0) is 31.6 Å². The maximum absolute atomic E-state index is 11.5. The molecule has 0 spiro atoms. The quantitative estimate of drug-likeness (QED) is 0.807. The van der Waals surface area contributed by atoms with Crippen LogP contribution in [0.25, 0.3) is 0 Å². The highest BCUT2D eigenvalue weighted by atomic mass is 32.2. The topological polar surface area (TPSA) is 54.4 Å². The summed E-state index contributed by atoms with van der Waals surface area (Å²) in [4.78, 5) is 0. The van der Waals surface area contributed by atoms with Crippen LogP contribution in [-0.2, 0) is 9.84 Å². The summed E-state index contributed by atoms with van der Waals surface area (Å²) in [5.74, 6) is 0.563. The lowest BCUT2D eigenvalue weighted by Gasteiger charge is -2.33. The molecule has 0 heterocycles. The van der Waals surface area contributed by atoms with E-state index in [-0.39, 0.29) is 17.3 Å². The molecule has 1 aliphatic rings. The highest BCUT2D eigenvalue weighted by molar-refractivity contribution is 7.91. The van der Waals surface area contributed by atoms with Crippen molar-refractivity contribution in [3.63, 3.8) is 0 Å². The predicted molar refractivity (Wildman–Crippen MR) is 61.4 cm³/mol. The van der Waals surface area contributed by atoms with Crippen LogP contribution in [0.2, 0.25) is 0 Å². The third-order valence-electron chi connectivity index (χ3n) is 3.78. The van der Waals surface area contributed by atoms with Crippen molar-refractivity contribution in [2.45, 2.75) is 50.9 Å². The average molecular weight is 234 g/mol. The number of hydrogen-bond donors (Lipinski definition) is 1. The van der Waals surface area contributed by atoms with E-state index in [9.17, 15) is 13.5 Å². The van der Waals surface area contributed by atoms with Gasteiger partial charge < -0.3 is 5.11 Å². The third kappa shape index (κ3) is 3.45. The van der Waals surface area contributed by atoms with Gasteiger partial charge in [-0.3, -0.25) is 0 Å². The van der Waals surface area contributed by atoms with E-state index in [0.717, 1.165) is 25.7 Å². The first-order valence-corrected chi connectivity index (χ1v) is 7.64. The lowest BCUT2D eigenvalue weighted by atomic mass is 9.78. The van der Waals surface area contributed by atoms with Gasteiger partial charge in [0, 0.05) is 6.26 Å². The summed E-state index contributed by atoms with van der Waals surface area (Å²) in [5.41, 5.74) is 0. The Morgan fingerprint density at radius 3 is 2.33 bits per heavy atom. The normalized spacial score (nSPS) is 32.3. The minimum Gasteiger partial charge on any atom is -0.393 e. The van der Waals surface area contributed by atoms with Gasteiger partial charge in [-0.1, -0.05) is 19.8 Å². The molecule has 0 radical (unpaired) electrons. The first-order chi connectivity index (χ1) is 6.82. The number of rotatable bonds is 3. The first kappa shape index (κ1) is 13.0. The summed E-state index contributed by atoms with van der Waals surface area (Å²) in [6.45, 7) is 3.80. The maximum atomic E-state index is 11.5. The van der Waals surface area contributed by atoms with Crippen molar-refractivity contribution in [2.24, 2.45) is 11.8 Å². The molecule has 90 valence electrons. The third-order valence-corrected chi connectivity index (χ3v) is 5.42. The van der Waals surface area contributed by atoms with Crippen molar-refractivity contribution in [3.8, 4) is 0 Å². The molecule has 0 amide bonds. The van der Waals surface area contributed by atoms with Gasteiger partial charge in [0.1, 0.15) is 9.84 Å². The molecule has 1 rings (SSSR count). The van der Waals surface area contributed by atoms with E-state index >= 15 is 0 Å². The standard InChI is InChI=1S/C11H22O3S/c1-8(9(2)12)10-5-4-6-11(7-10)15(3,13)14/h8-12H,4-7H2,1-3H3. The second kappa shape index (κ2) is 4.83. The van der Waals surface area contributed by atoms with E-state index < -0.39 is 9.84 Å². The Kier molecular flexibility index (Phi) is 4.18. The highest BCUT2D eigenvalue weighted by Gasteiger charge is 2.32. The van der Waals surface area contributed by atoms with E-state index in [2.05, 4.69) is 0 Å². The fraction of sp³-hybridized carbons (Fsp3) is 1.00. The molecule has 0 aromatic rings. The number of aliphatic hydroxyl groups is 1. The molecule has 15 heavy (non-hydrogen) atoms. The molecule has 1 N–H and O–H groups in total. The maximum Gasteiger partial charge on any atom is 0.150 e. The van der Waals surface area contributed by atoms with Crippen LogP contribution in [0.15, 0.2) is 0 Å². The van der Waals surface area contributed by atoms with Gasteiger partial charge in [0.15, 0.2) is 0 Å². The summed E-state index contributed by atoms with van der Waals surface area (Å²) in [6, 6.07) is 0. The van der Waals surface area contributed by atoms with Crippen molar-refractivity contribution in [2.75, 3.05) is 6.26 Å². The summed E-state index contributed by atoms with van der Waals surface area (Å²) < 4.78 is 22.9. The zero-order valence-electron chi connectivity index (χ0n) is 9.81. The first-order valence-electron chi connectivity index (χ1n) is 5.69. The predicted octanol–water partition coefficient (Wildman–Crippen LogP) is 1.61. The fourth-order valence-corrected chi connectivity index (χ4v) is 3.63. The molecule has 0 aromatic heterocycles. The van der Waals surface area contributed by atoms with Crippen molar-refractivity contribution in [1.29, 1.82) is 0 Å². The van der Waals surface area contributed by atoms with Crippen LogP contribution in [0, 0.1) is 11.8 Å². The van der Waals surface area contributed by atoms with Crippen LogP contribution in [-0.4, -0.2) is 31.1 Å². The zero-order chi connectivity index (χ0) is 11.6. The monoisotopic (exact) mass is 234 g/mol. The van der Waals surface area contributed by atoms with Crippen LogP contribution in [0.4, 0.5) is 0 Å². The zero-order valence-corrected chi connectivity index (χ0v) is 10.6. The van der Waals surface area contributed by atoms with Crippen molar-refractivity contribution in [3.05, 3.63) is 0 Å². The Balaban J connectivity index is 2.64. The summed E-state index contributed by atoms with van der Waals surface area (Å²) in [5, 5.41) is 9.33. The molecule has 0 aromatic carbocycles. The van der Waals surface area contributed by atoms with Crippen LogP contribution in [0.5, 0.6) is 0 Å². The smallest absolute Gasteiger partial charge is 0.150 e. The van der Waals surface area contributed by atoms with Gasteiger partial charge in [0.05, 0.1) is 11.4 Å². The molecule has 4 heteroatoms. The van der Waals surface area contributed by atoms with Crippen LogP contribution >= 0.6 is 0 Å². The highest BCUT2D eigenvalue weighted by Crippen LogP contribution is 2.34. The Morgan fingerprint density at radius 1 is 1.27 bits per heavy atom. The second-order valence-electron chi connectivity index (χ2n) is 4.98. The van der Waals surface area contributed by atoms with Crippen molar-refractivity contribution < 1.29 is 13.5 Å². The fourth-order valence-electron chi connectivity index (χ4n) is 2.44. The molecule has 4 atom stereocenters. The summed E-state index contributed by atoms with van der Waals surface area (Å²) >= 11 is 0. The molecular formula is C11H22O3S. The minimum absolute atomic E-state index is 0.183. The molecule has 0 bridgehead atoms. The molecule has 4 unspecified atom stereocenters. The summed E-state index contributed by atoms with van der Waals surface area (Å²) in [7, 11) is -2.90. The van der Waals surface area contributed by atoms with Crippen LogP contribution in [0.3, 0.4) is 0 Å². The Labute approximate surface area is 92.8 Å². The molecule has 1 saturated carbocycles. The number of hydrogen-bond acceptors (Lipinski definition) is 3. The van der Waals surface area contributed by atoms with Crippen molar-refractivity contribution in [1.82, 2.24) is 0 Å². The van der Waals surface area contributed by atoms with Gasteiger partial charge >= 0.3 is 0 Å². The van der Waals surface area contributed by atoms with Gasteiger partial charge in [-0.25, -0.2) is 8.42 Å². The molecule has 1 aliphatic carbocycles. The lowest BCUT2D eigenvalue weighted by Crippen LogP contribution is -2.33. The van der Waals surface area contributed by atoms with Gasteiger partial charge in [0.25, 0.3) is 0 Å².